The molecule has 0 amide bonds. The van der Waals surface area contributed by atoms with E-state index in [1.807, 2.05) is 28.7 Å². The zero-order valence-corrected chi connectivity index (χ0v) is 35.0. The molecule has 1 N–H and O–H groups in total. The summed E-state index contributed by atoms with van der Waals surface area (Å²) in [4.78, 5) is 20.8. The number of nitrogens with zero attached hydrogens (tertiary/aromatic N) is 2. The maximum absolute atomic E-state index is 13.7. The average Bonchev–Trinajstić information content (AvgIpc) is 2.92. The number of aliphatic hydroxyl groups excluding tert-OH is 1. The van der Waals surface area contributed by atoms with Crippen LogP contribution in [0.3, 0.4) is 0 Å². The molecule has 0 saturated carbocycles. The Bertz CT molecular complexity index is 1660. The Labute approximate surface area is 333 Å². The number of rotatable bonds is 7. The van der Waals surface area contributed by atoms with Gasteiger partial charge in [-0.1, -0.05) is 63.7 Å². The second kappa shape index (κ2) is 20.0. The normalized spacial score (nSPS) is 9.86. The maximum Gasteiger partial charge on any atom is 1.00 e. The Hall–Kier alpha value is -0.490. The molecule has 4 aromatic carbocycles. The van der Waals surface area contributed by atoms with Crippen molar-refractivity contribution in [3.05, 3.63) is 117 Å². The third-order valence-electron chi connectivity index (χ3n) is 4.88. The van der Waals surface area contributed by atoms with E-state index in [0.29, 0.717) is 20.4 Å². The fraction of sp³-hybridized carbons (Fsp3) is 0.0769. The van der Waals surface area contributed by atoms with Gasteiger partial charge in [-0.25, -0.2) is 0 Å². The van der Waals surface area contributed by atoms with E-state index in [1.165, 1.54) is 18.2 Å². The van der Waals surface area contributed by atoms with Crippen LogP contribution in [0.1, 0.15) is 5.56 Å². The Morgan fingerprint density at radius 1 is 0.705 bits per heavy atom. The van der Waals surface area contributed by atoms with Gasteiger partial charge in [0.25, 0.3) is 0 Å². The average molecular weight is 1100 g/mol. The molecule has 4 aromatic rings. The minimum absolute atomic E-state index is 0. The number of halogens is 7. The third-order valence-corrected chi connectivity index (χ3v) is 8.46. The van der Waals surface area contributed by atoms with Crippen LogP contribution >= 0.6 is 109 Å². The van der Waals surface area contributed by atoms with E-state index in [9.17, 15) is 29.7 Å². The number of hydrogen-bond acceptors (Lipinski definition) is 8. The quantitative estimate of drug-likeness (QED) is 0.0938. The monoisotopic (exact) mass is 1100 g/mol. The molecule has 0 heterocycles. The molecule has 0 unspecified atom stereocenters. The van der Waals surface area contributed by atoms with Crippen LogP contribution in [0, 0.1) is 33.2 Å². The maximum atomic E-state index is 13.7. The fourth-order valence-corrected chi connectivity index (χ4v) is 6.91. The van der Waals surface area contributed by atoms with Gasteiger partial charge in [0.05, 0.1) is 29.2 Å². The molecule has 0 aromatic heterocycles. The van der Waals surface area contributed by atoms with E-state index < -0.39 is 28.0 Å². The molecule has 0 saturated heterocycles. The molecule has 0 spiro atoms. The van der Waals surface area contributed by atoms with E-state index in [1.54, 1.807) is 30.3 Å². The van der Waals surface area contributed by atoms with Gasteiger partial charge in [-0.15, -0.1) is 0 Å². The van der Waals surface area contributed by atoms with Gasteiger partial charge in [0.1, 0.15) is 11.5 Å². The molecule has 0 aliphatic rings. The standard InChI is InChI=1S/C13H8Br2INO4.C12H5Br2FINO3.CH3O.Na/c14-8-1-2-11(10(16)4-8)21-12-5-9(15)3-7(6-18)13(12)17(19)20;13-6-1-2-10(9(16)4-6)20-11-5-7(14)3-8(15)12(11)17(18)19;1-2;/h1-5,18H,6H2;1-5H;1H3;/q;;-1;+1. The number of benzene rings is 4. The summed E-state index contributed by atoms with van der Waals surface area (Å²) in [5.41, 5.74) is -0.733. The van der Waals surface area contributed by atoms with Crippen molar-refractivity contribution >= 4 is 120 Å². The molecular formula is C26H16Br4FI2N2NaO8. The topological polar surface area (TPSA) is 148 Å². The van der Waals surface area contributed by atoms with Crippen LogP contribution in [0.25, 0.3) is 0 Å². The van der Waals surface area contributed by atoms with Crippen molar-refractivity contribution in [2.45, 2.75) is 6.61 Å². The van der Waals surface area contributed by atoms with Crippen LogP contribution < -0.4 is 44.1 Å². The van der Waals surface area contributed by atoms with Crippen molar-refractivity contribution in [3.8, 4) is 23.0 Å². The van der Waals surface area contributed by atoms with Crippen molar-refractivity contribution in [3.63, 3.8) is 0 Å². The largest absolute Gasteiger partial charge is 1.00 e. The zero-order chi connectivity index (χ0) is 32.4. The van der Waals surface area contributed by atoms with E-state index in [-0.39, 0.29) is 52.3 Å². The minimum Gasteiger partial charge on any atom is -0.857 e. The second-order valence-electron chi connectivity index (χ2n) is 7.67. The van der Waals surface area contributed by atoms with Gasteiger partial charge in [-0.2, -0.15) is 11.5 Å². The molecule has 228 valence electrons. The molecule has 44 heavy (non-hydrogen) atoms. The molecule has 10 nitrogen and oxygen atoms in total. The predicted octanol–water partition coefficient (Wildman–Crippen LogP) is 6.65. The zero-order valence-electron chi connectivity index (χ0n) is 22.3. The smallest absolute Gasteiger partial charge is 0.857 e. The third kappa shape index (κ3) is 11.9. The summed E-state index contributed by atoms with van der Waals surface area (Å²) in [6.07, 6.45) is 0. The summed E-state index contributed by atoms with van der Waals surface area (Å²) >= 11 is 17.1. The molecule has 0 aliphatic heterocycles. The summed E-state index contributed by atoms with van der Waals surface area (Å²) < 4.78 is 29.1. The first-order chi connectivity index (χ1) is 20.3. The van der Waals surface area contributed by atoms with Gasteiger partial charge >= 0.3 is 40.9 Å². The molecule has 0 atom stereocenters. The van der Waals surface area contributed by atoms with Crippen LogP contribution in [0.5, 0.6) is 23.0 Å². The SMILES string of the molecule is C[O-].O=[N+]([O-])c1c(CO)cc(Br)cc1Oc1ccc(Br)cc1I.O=[N+]([O-])c1c(F)cc(Br)cc1Oc1ccc(Br)cc1I.[Na+]. The van der Waals surface area contributed by atoms with Gasteiger partial charge in [0.15, 0.2) is 0 Å². The van der Waals surface area contributed by atoms with Crippen molar-refractivity contribution in [2.75, 3.05) is 7.11 Å². The summed E-state index contributed by atoms with van der Waals surface area (Å²) in [6.45, 7) is -0.441. The first-order valence-corrected chi connectivity index (χ1v) is 16.5. The van der Waals surface area contributed by atoms with Crippen LogP contribution in [-0.4, -0.2) is 22.1 Å². The van der Waals surface area contributed by atoms with Gasteiger partial charge in [0.2, 0.25) is 17.3 Å². The summed E-state index contributed by atoms with van der Waals surface area (Å²) in [5, 5.41) is 39.7. The van der Waals surface area contributed by atoms with Gasteiger partial charge in [-0.3, -0.25) is 20.2 Å². The van der Waals surface area contributed by atoms with Gasteiger partial charge in [-0.05, 0) is 93.7 Å². The van der Waals surface area contributed by atoms with E-state index >= 15 is 0 Å². The number of nitro benzene ring substituents is 2. The number of ether oxygens (including phenoxy) is 2. The first kappa shape index (κ1) is 41.5. The van der Waals surface area contributed by atoms with Crippen LogP contribution in [-0.2, 0) is 6.61 Å². The van der Waals surface area contributed by atoms with E-state index in [4.69, 9.17) is 14.6 Å². The summed E-state index contributed by atoms with van der Waals surface area (Å²) in [7, 11) is 0.750. The van der Waals surface area contributed by atoms with Crippen molar-refractivity contribution in [1.29, 1.82) is 0 Å². The Morgan fingerprint density at radius 3 is 1.50 bits per heavy atom. The van der Waals surface area contributed by atoms with E-state index in [2.05, 4.69) is 86.3 Å². The Kier molecular flexibility index (Phi) is 18.9. The van der Waals surface area contributed by atoms with Crippen molar-refractivity contribution in [1.82, 2.24) is 0 Å². The molecule has 0 fully saturated rings. The summed E-state index contributed by atoms with van der Waals surface area (Å²) in [5.74, 6) is -0.106. The molecule has 0 radical (unpaired) electrons. The number of hydrogen-bond donors (Lipinski definition) is 1. The molecule has 0 aliphatic carbocycles. The first-order valence-electron chi connectivity index (χ1n) is 11.2. The van der Waals surface area contributed by atoms with Crippen molar-refractivity contribution < 1.29 is 63.5 Å². The predicted molar refractivity (Wildman–Crippen MR) is 187 cm³/mol. The van der Waals surface area contributed by atoms with Crippen molar-refractivity contribution in [2.24, 2.45) is 0 Å². The van der Waals surface area contributed by atoms with Crippen LogP contribution in [0.4, 0.5) is 15.8 Å². The molecular weight excluding hydrogens is 1080 g/mol. The molecule has 0 bridgehead atoms. The summed E-state index contributed by atoms with van der Waals surface area (Å²) in [6, 6.07) is 15.9. The van der Waals surface area contributed by atoms with Crippen LogP contribution in [0.2, 0.25) is 0 Å². The Balaban J connectivity index is 0.000000408. The van der Waals surface area contributed by atoms with Crippen LogP contribution in [0.15, 0.2) is 78.6 Å². The molecule has 18 heteroatoms. The molecule has 4 rings (SSSR count). The Morgan fingerprint density at radius 2 is 1.11 bits per heavy atom. The minimum atomic E-state index is -0.952. The van der Waals surface area contributed by atoms with Gasteiger partial charge in [0, 0.05) is 30.0 Å². The number of nitro groups is 2. The second-order valence-corrected chi connectivity index (χ2v) is 13.7. The fourth-order valence-electron chi connectivity index (χ4n) is 3.18. The van der Waals surface area contributed by atoms with E-state index in [0.717, 1.165) is 29.3 Å². The van der Waals surface area contributed by atoms with Gasteiger partial charge < -0.3 is 19.7 Å². The number of aliphatic hydroxyl groups is 1.